The third-order valence-electron chi connectivity index (χ3n) is 5.42. The fraction of sp³-hybridized carbons (Fsp3) is 0.667. The Morgan fingerprint density at radius 1 is 1.09 bits per heavy atom. The van der Waals surface area contributed by atoms with Gasteiger partial charge in [-0.2, -0.15) is 0 Å². The molecule has 0 amide bonds. The average molecular weight is 305 g/mol. The van der Waals surface area contributed by atoms with Crippen molar-refractivity contribution in [3.05, 3.63) is 23.8 Å². The van der Waals surface area contributed by atoms with Gasteiger partial charge in [-0.05, 0) is 48.8 Å². The Labute approximate surface area is 132 Å². The first-order valence-electron chi connectivity index (χ1n) is 8.35. The van der Waals surface area contributed by atoms with Crippen LogP contribution in [0.15, 0.2) is 18.2 Å². The number of aliphatic hydroxyl groups excluding tert-OH is 1. The Balaban J connectivity index is 1.61. The minimum Gasteiger partial charge on any atom is -0.497 e. The summed E-state index contributed by atoms with van der Waals surface area (Å²) in [5.74, 6) is 3.17. The quantitative estimate of drug-likeness (QED) is 0.848. The van der Waals surface area contributed by atoms with Crippen LogP contribution in [0.5, 0.6) is 11.5 Å². The van der Waals surface area contributed by atoms with Crippen LogP contribution in [0.2, 0.25) is 0 Å². The van der Waals surface area contributed by atoms with E-state index in [1.54, 1.807) is 14.2 Å². The summed E-state index contributed by atoms with van der Waals surface area (Å²) >= 11 is 0. The van der Waals surface area contributed by atoms with Gasteiger partial charge in [0, 0.05) is 18.7 Å². The van der Waals surface area contributed by atoms with E-state index in [0.717, 1.165) is 17.4 Å². The molecule has 2 N–H and O–H groups in total. The molecular formula is C18H27NO3. The Kier molecular flexibility index (Phi) is 4.89. The van der Waals surface area contributed by atoms with Crippen LogP contribution in [0.1, 0.15) is 43.8 Å². The van der Waals surface area contributed by atoms with Crippen LogP contribution in [0, 0.1) is 11.8 Å². The van der Waals surface area contributed by atoms with E-state index in [1.807, 2.05) is 18.2 Å². The minimum atomic E-state index is -0.538. The smallest absolute Gasteiger partial charge is 0.122 e. The molecule has 2 aliphatic carbocycles. The largest absolute Gasteiger partial charge is 0.497 e. The molecule has 2 fully saturated rings. The summed E-state index contributed by atoms with van der Waals surface area (Å²) < 4.78 is 10.5. The molecule has 3 rings (SSSR count). The van der Waals surface area contributed by atoms with Crippen LogP contribution in [-0.4, -0.2) is 31.9 Å². The second-order valence-electron chi connectivity index (χ2n) is 6.61. The normalized spacial score (nSPS) is 28.4. The lowest BCUT2D eigenvalue weighted by molar-refractivity contribution is 0.164. The van der Waals surface area contributed by atoms with Crippen LogP contribution in [0.25, 0.3) is 0 Å². The zero-order valence-electron chi connectivity index (χ0n) is 13.5. The fourth-order valence-electron chi connectivity index (χ4n) is 4.22. The van der Waals surface area contributed by atoms with Gasteiger partial charge in [0.25, 0.3) is 0 Å². The van der Waals surface area contributed by atoms with Gasteiger partial charge in [-0.3, -0.25) is 0 Å². The number of hydrogen-bond acceptors (Lipinski definition) is 4. The maximum atomic E-state index is 10.5. The van der Waals surface area contributed by atoms with E-state index in [4.69, 9.17) is 9.47 Å². The van der Waals surface area contributed by atoms with Crippen molar-refractivity contribution in [1.82, 2.24) is 5.32 Å². The van der Waals surface area contributed by atoms with Crippen molar-refractivity contribution in [2.75, 3.05) is 20.8 Å². The third-order valence-corrected chi connectivity index (χ3v) is 5.42. The molecule has 0 heterocycles. The topological polar surface area (TPSA) is 50.7 Å². The van der Waals surface area contributed by atoms with Crippen LogP contribution >= 0.6 is 0 Å². The van der Waals surface area contributed by atoms with E-state index in [-0.39, 0.29) is 0 Å². The van der Waals surface area contributed by atoms with Crippen LogP contribution in [-0.2, 0) is 0 Å². The summed E-state index contributed by atoms with van der Waals surface area (Å²) in [6.45, 7) is 0.588. The molecule has 0 radical (unpaired) electrons. The van der Waals surface area contributed by atoms with Gasteiger partial charge < -0.3 is 19.9 Å². The molecule has 2 aliphatic rings. The summed E-state index contributed by atoms with van der Waals surface area (Å²) in [7, 11) is 3.25. The number of nitrogens with one attached hydrogen (secondary N) is 1. The van der Waals surface area contributed by atoms with E-state index >= 15 is 0 Å². The average Bonchev–Trinajstić information content (AvgIpc) is 3.15. The van der Waals surface area contributed by atoms with Gasteiger partial charge in [0.2, 0.25) is 0 Å². The highest BCUT2D eigenvalue weighted by Gasteiger charge is 2.38. The maximum absolute atomic E-state index is 10.5. The maximum Gasteiger partial charge on any atom is 0.122 e. The molecule has 2 unspecified atom stereocenters. The van der Waals surface area contributed by atoms with Gasteiger partial charge in [0.15, 0.2) is 0 Å². The number of hydrogen-bond donors (Lipinski definition) is 2. The minimum absolute atomic E-state index is 0.538. The first kappa shape index (κ1) is 15.6. The first-order chi connectivity index (χ1) is 10.7. The molecule has 1 aromatic carbocycles. The Morgan fingerprint density at radius 2 is 1.82 bits per heavy atom. The number of methoxy groups -OCH3 is 2. The first-order valence-corrected chi connectivity index (χ1v) is 8.35. The van der Waals surface area contributed by atoms with Gasteiger partial charge in [-0.25, -0.2) is 0 Å². The predicted octanol–water partition coefficient (Wildman–Crippen LogP) is 2.91. The van der Waals surface area contributed by atoms with Crippen molar-refractivity contribution in [3.8, 4) is 11.5 Å². The van der Waals surface area contributed by atoms with E-state index < -0.39 is 6.10 Å². The molecule has 22 heavy (non-hydrogen) atoms. The second-order valence-corrected chi connectivity index (χ2v) is 6.61. The van der Waals surface area contributed by atoms with Crippen molar-refractivity contribution in [3.63, 3.8) is 0 Å². The number of ether oxygens (including phenoxy) is 2. The van der Waals surface area contributed by atoms with Gasteiger partial charge in [0.1, 0.15) is 11.5 Å². The van der Waals surface area contributed by atoms with Crippen molar-refractivity contribution >= 4 is 0 Å². The lowest BCUT2D eigenvalue weighted by Crippen LogP contribution is -2.35. The monoisotopic (exact) mass is 305 g/mol. The van der Waals surface area contributed by atoms with Gasteiger partial charge in [-0.1, -0.05) is 12.8 Å². The molecule has 0 aliphatic heterocycles. The summed E-state index contributed by atoms with van der Waals surface area (Å²) in [5.41, 5.74) is 0.838. The van der Waals surface area contributed by atoms with Crippen LogP contribution in [0.4, 0.5) is 0 Å². The molecule has 0 aromatic heterocycles. The number of rotatable bonds is 6. The number of fused-ring (bicyclic) bond motifs is 1. The van der Waals surface area contributed by atoms with E-state index in [2.05, 4.69) is 5.32 Å². The molecule has 4 nitrogen and oxygen atoms in total. The molecule has 0 saturated heterocycles. The molecule has 0 spiro atoms. The van der Waals surface area contributed by atoms with Crippen molar-refractivity contribution < 1.29 is 14.6 Å². The molecule has 0 bridgehead atoms. The summed E-state index contributed by atoms with van der Waals surface area (Å²) in [6, 6.07) is 6.16. The third kappa shape index (κ3) is 3.23. The number of aliphatic hydroxyl groups is 1. The van der Waals surface area contributed by atoms with Gasteiger partial charge >= 0.3 is 0 Å². The van der Waals surface area contributed by atoms with E-state index in [1.165, 1.54) is 32.1 Å². The molecule has 122 valence electrons. The Morgan fingerprint density at radius 3 is 2.50 bits per heavy atom. The summed E-state index contributed by atoms with van der Waals surface area (Å²) in [4.78, 5) is 0. The lowest BCUT2D eigenvalue weighted by atomic mass is 9.97. The van der Waals surface area contributed by atoms with Crippen LogP contribution in [0.3, 0.4) is 0 Å². The highest BCUT2D eigenvalue weighted by atomic mass is 16.5. The summed E-state index contributed by atoms with van der Waals surface area (Å²) in [5, 5.41) is 14.1. The van der Waals surface area contributed by atoms with Crippen molar-refractivity contribution in [2.45, 2.75) is 44.2 Å². The van der Waals surface area contributed by atoms with Gasteiger partial charge in [-0.15, -0.1) is 0 Å². The van der Waals surface area contributed by atoms with Gasteiger partial charge in [0.05, 0.1) is 20.3 Å². The predicted molar refractivity (Wildman–Crippen MR) is 86.4 cm³/mol. The standard InChI is InChI=1S/C18H27NO3/c1-21-14-8-13(9-15(10-14)22-2)18(20)11-19-17-7-6-12-4-3-5-16(12)17/h8-10,12,16-20H,3-7,11H2,1-2H3/t12-,16-,17?,18?/m0/s1. The SMILES string of the molecule is COc1cc(OC)cc(C(O)CNC2CC[C@@H]3CCC[C@H]23)c1. The Bertz CT molecular complexity index is 483. The lowest BCUT2D eigenvalue weighted by Gasteiger charge is -2.22. The second kappa shape index (κ2) is 6.88. The molecule has 4 heteroatoms. The van der Waals surface area contributed by atoms with Crippen molar-refractivity contribution in [1.29, 1.82) is 0 Å². The van der Waals surface area contributed by atoms with E-state index in [9.17, 15) is 5.11 Å². The zero-order valence-corrected chi connectivity index (χ0v) is 13.5. The molecule has 2 saturated carbocycles. The fourth-order valence-corrected chi connectivity index (χ4v) is 4.22. The highest BCUT2D eigenvalue weighted by Crippen LogP contribution is 2.44. The summed E-state index contributed by atoms with van der Waals surface area (Å²) in [6.07, 6.45) is 6.20. The highest BCUT2D eigenvalue weighted by molar-refractivity contribution is 5.39. The van der Waals surface area contributed by atoms with Crippen LogP contribution < -0.4 is 14.8 Å². The molecule has 4 atom stereocenters. The van der Waals surface area contributed by atoms with Crippen molar-refractivity contribution in [2.24, 2.45) is 11.8 Å². The molecular weight excluding hydrogens is 278 g/mol. The Hall–Kier alpha value is -1.26. The van der Waals surface area contributed by atoms with E-state index in [0.29, 0.717) is 24.1 Å². The zero-order chi connectivity index (χ0) is 15.5. The number of benzene rings is 1. The molecule has 1 aromatic rings.